The van der Waals surface area contributed by atoms with E-state index in [4.69, 9.17) is 29.4 Å². The minimum absolute atomic E-state index is 0.0813. The lowest BCUT2D eigenvalue weighted by Crippen LogP contribution is -2.61. The Hall–Kier alpha value is -3.44. The first kappa shape index (κ1) is 56.9. The van der Waals surface area contributed by atoms with E-state index in [0.29, 0.717) is 0 Å². The Morgan fingerprint density at radius 1 is 0.667 bits per heavy atom. The molecule has 0 amide bonds. The summed E-state index contributed by atoms with van der Waals surface area (Å²) in [5, 5.41) is 108. The number of ether oxygens (including phenoxy) is 5. The number of methoxy groups -OCH3 is 1. The van der Waals surface area contributed by atoms with Crippen molar-refractivity contribution in [2.24, 2.45) is 23.5 Å². The smallest absolute Gasteiger partial charge is 0.311 e. The van der Waals surface area contributed by atoms with Crippen LogP contribution >= 0.6 is 0 Å². The molecule has 0 aromatic heterocycles. The van der Waals surface area contributed by atoms with Gasteiger partial charge >= 0.3 is 11.9 Å². The number of aliphatic hydroxyl groups is 9. The van der Waals surface area contributed by atoms with Crippen LogP contribution in [0.3, 0.4) is 0 Å². The molecule has 374 valence electrons. The number of carboxylic acid groups (broad SMARTS) is 1. The Labute approximate surface area is 387 Å². The monoisotopic (exact) mass is 938 g/mol. The molecular formula is C48H75NO17. The number of rotatable bonds is 4. The third-order valence-corrected chi connectivity index (χ3v) is 12.4. The van der Waals surface area contributed by atoms with Crippen molar-refractivity contribution in [2.75, 3.05) is 7.11 Å². The zero-order valence-corrected chi connectivity index (χ0v) is 38.5. The molecule has 18 heteroatoms. The van der Waals surface area contributed by atoms with Gasteiger partial charge in [0.25, 0.3) is 0 Å². The molecule has 2 fully saturated rings. The van der Waals surface area contributed by atoms with Gasteiger partial charge in [0.1, 0.15) is 18.1 Å². The lowest BCUT2D eigenvalue weighted by atomic mass is 9.82. The van der Waals surface area contributed by atoms with E-state index in [1.807, 2.05) is 37.3 Å². The number of carboxylic acids is 1. The van der Waals surface area contributed by atoms with E-state index in [9.17, 15) is 60.7 Å². The summed E-state index contributed by atoms with van der Waals surface area (Å²) in [6.45, 7) is 6.79. The van der Waals surface area contributed by atoms with Gasteiger partial charge in [-0.25, -0.2) is 0 Å². The number of hydrogen-bond donors (Lipinski definition) is 11. The molecule has 19 unspecified atom stereocenters. The topological polar surface area (TPSA) is 309 Å². The fourth-order valence-corrected chi connectivity index (χ4v) is 8.16. The number of fused-ring (bicyclic) bond motifs is 2. The van der Waals surface area contributed by atoms with E-state index < -0.39 is 141 Å². The molecule has 0 aliphatic carbocycles. The molecule has 3 aliphatic heterocycles. The Morgan fingerprint density at radius 2 is 1.24 bits per heavy atom. The van der Waals surface area contributed by atoms with Crippen LogP contribution in [-0.4, -0.2) is 168 Å². The van der Waals surface area contributed by atoms with Gasteiger partial charge in [0.05, 0.1) is 79.6 Å². The first-order valence-electron chi connectivity index (χ1n) is 22.7. The Bertz CT molecular complexity index is 1680. The third kappa shape index (κ3) is 18.2. The minimum atomic E-state index is -1.78. The fourth-order valence-electron chi connectivity index (χ4n) is 8.16. The molecule has 0 radical (unpaired) electrons. The van der Waals surface area contributed by atoms with Crippen LogP contribution in [0.5, 0.6) is 0 Å². The highest BCUT2D eigenvalue weighted by Gasteiger charge is 2.52. The van der Waals surface area contributed by atoms with Crippen molar-refractivity contribution in [3.05, 3.63) is 85.1 Å². The highest BCUT2D eigenvalue weighted by Crippen LogP contribution is 2.40. The average Bonchev–Trinajstić information content (AvgIpc) is 3.24. The standard InChI is InChI=1S/C48H75NO17/c1-28-18-16-14-12-10-8-6-7-9-11-13-15-17-19-35(65-47-45(59)42(49)44(58)31(4)64-47)25-39-41(46(60)61)38(55)27-48(62-5,66-39)26-34(52)23-37(54)36(53)21-20-32(50)22-33(51)24-40(56)63-30(3)29(2)43(28)57/h6-19,28-39,41-45,47,50-55,57-59H,20-27,49H2,1-5H3,(H,60,61). The molecule has 3 rings (SSSR count). The van der Waals surface area contributed by atoms with Crippen LogP contribution in [0.4, 0.5) is 0 Å². The molecule has 0 aromatic carbocycles. The van der Waals surface area contributed by atoms with Crippen LogP contribution in [0.2, 0.25) is 0 Å². The van der Waals surface area contributed by atoms with Crippen LogP contribution < -0.4 is 5.73 Å². The number of aliphatic hydroxyl groups excluding tert-OH is 9. The predicted octanol–water partition coefficient (Wildman–Crippen LogP) is 1.37. The van der Waals surface area contributed by atoms with Crippen LogP contribution in [0.1, 0.15) is 79.1 Å². The van der Waals surface area contributed by atoms with Crippen molar-refractivity contribution in [1.29, 1.82) is 0 Å². The number of carbonyl (C=O) groups is 2. The van der Waals surface area contributed by atoms with Crippen molar-refractivity contribution < 1.29 is 84.3 Å². The van der Waals surface area contributed by atoms with Gasteiger partial charge in [-0.3, -0.25) is 9.59 Å². The van der Waals surface area contributed by atoms with E-state index in [1.54, 1.807) is 75.5 Å². The lowest BCUT2D eigenvalue weighted by Gasteiger charge is -2.47. The van der Waals surface area contributed by atoms with Gasteiger partial charge in [-0.2, -0.15) is 0 Å². The Morgan fingerprint density at radius 3 is 1.82 bits per heavy atom. The van der Waals surface area contributed by atoms with E-state index in [2.05, 4.69) is 0 Å². The van der Waals surface area contributed by atoms with Crippen molar-refractivity contribution in [2.45, 2.75) is 177 Å². The highest BCUT2D eigenvalue weighted by atomic mass is 16.7. The van der Waals surface area contributed by atoms with E-state index in [-0.39, 0.29) is 38.0 Å². The largest absolute Gasteiger partial charge is 0.481 e. The second kappa shape index (κ2) is 28.1. The van der Waals surface area contributed by atoms with E-state index >= 15 is 0 Å². The molecule has 2 saturated heterocycles. The molecule has 12 N–H and O–H groups in total. The predicted molar refractivity (Wildman–Crippen MR) is 242 cm³/mol. The molecule has 19 atom stereocenters. The summed E-state index contributed by atoms with van der Waals surface area (Å²) in [7, 11) is 1.25. The number of carbonyl (C=O) groups excluding carboxylic acids is 1. The zero-order valence-electron chi connectivity index (χ0n) is 38.5. The van der Waals surface area contributed by atoms with Gasteiger partial charge in [0.2, 0.25) is 0 Å². The number of cyclic esters (lactones) is 1. The van der Waals surface area contributed by atoms with Crippen molar-refractivity contribution in [1.82, 2.24) is 0 Å². The van der Waals surface area contributed by atoms with Crippen LogP contribution in [0.15, 0.2) is 85.1 Å². The Balaban J connectivity index is 1.89. The van der Waals surface area contributed by atoms with Crippen LogP contribution in [0.25, 0.3) is 0 Å². The summed E-state index contributed by atoms with van der Waals surface area (Å²) < 4.78 is 29.3. The van der Waals surface area contributed by atoms with Gasteiger partial charge in [-0.05, 0) is 33.1 Å². The zero-order chi connectivity index (χ0) is 49.1. The molecule has 66 heavy (non-hydrogen) atoms. The van der Waals surface area contributed by atoms with Crippen LogP contribution in [0, 0.1) is 17.8 Å². The second-order valence-corrected chi connectivity index (χ2v) is 17.7. The van der Waals surface area contributed by atoms with E-state index in [0.717, 1.165) is 0 Å². The average molecular weight is 938 g/mol. The summed E-state index contributed by atoms with van der Waals surface area (Å²) >= 11 is 0. The molecule has 0 saturated carbocycles. The third-order valence-electron chi connectivity index (χ3n) is 12.4. The van der Waals surface area contributed by atoms with Gasteiger partial charge < -0.3 is 80.5 Å². The molecule has 2 bridgehead atoms. The van der Waals surface area contributed by atoms with Gasteiger partial charge in [-0.1, -0.05) is 98.9 Å². The van der Waals surface area contributed by atoms with Crippen molar-refractivity contribution >= 4 is 11.9 Å². The number of allylic oxidation sites excluding steroid dienone is 12. The summed E-state index contributed by atoms with van der Waals surface area (Å²) in [6.07, 6.45) is 5.15. The summed E-state index contributed by atoms with van der Waals surface area (Å²) in [5.41, 5.74) is 6.05. The molecule has 3 heterocycles. The molecule has 0 aromatic rings. The number of esters is 1. The molecule has 0 spiro atoms. The molecule has 3 aliphatic rings. The van der Waals surface area contributed by atoms with E-state index in [1.165, 1.54) is 7.11 Å². The van der Waals surface area contributed by atoms with Crippen molar-refractivity contribution in [3.63, 3.8) is 0 Å². The van der Waals surface area contributed by atoms with Gasteiger partial charge in [0.15, 0.2) is 12.1 Å². The lowest BCUT2D eigenvalue weighted by molar-refractivity contribution is -0.317. The number of hydrogen-bond acceptors (Lipinski definition) is 17. The first-order valence-corrected chi connectivity index (χ1v) is 22.7. The summed E-state index contributed by atoms with van der Waals surface area (Å²) in [5.74, 6) is -6.12. The quantitative estimate of drug-likeness (QED) is 0.177. The van der Waals surface area contributed by atoms with Crippen molar-refractivity contribution in [3.8, 4) is 0 Å². The molecular weight excluding hydrogens is 863 g/mol. The number of aliphatic carboxylic acids is 1. The second-order valence-electron chi connectivity index (χ2n) is 17.7. The SMILES string of the molecule is COC12CC(O)CC(O)C(O)CCC(O)CC(O)CC(=O)OC(C)C(C)C(O)C(C)C=CC=CC=CC=CC=CC=CC=CC(OC3OC(C)C(O)C(N)C3O)CC(O1)C(C(=O)O)C(O)C2. The van der Waals surface area contributed by atoms with Gasteiger partial charge in [-0.15, -0.1) is 0 Å². The van der Waals surface area contributed by atoms with Gasteiger partial charge in [0, 0.05) is 44.6 Å². The minimum Gasteiger partial charge on any atom is -0.481 e. The molecule has 18 nitrogen and oxygen atoms in total. The fraction of sp³-hybridized carbons (Fsp3) is 0.667. The summed E-state index contributed by atoms with van der Waals surface area (Å²) in [6, 6.07) is -1.13. The maximum atomic E-state index is 12.6. The Kier molecular flexibility index (Phi) is 24.3. The summed E-state index contributed by atoms with van der Waals surface area (Å²) in [4.78, 5) is 25.2. The maximum absolute atomic E-state index is 12.6. The normalized spacial score (nSPS) is 41.6. The number of nitrogens with two attached hydrogens (primary N) is 1. The maximum Gasteiger partial charge on any atom is 0.311 e. The van der Waals surface area contributed by atoms with Crippen LogP contribution in [-0.2, 0) is 33.3 Å². The first-order chi connectivity index (χ1) is 31.2. The highest BCUT2D eigenvalue weighted by molar-refractivity contribution is 5.71.